The van der Waals surface area contributed by atoms with Gasteiger partial charge in [0.15, 0.2) is 11.3 Å². The van der Waals surface area contributed by atoms with E-state index >= 15 is 0 Å². The van der Waals surface area contributed by atoms with Crippen LogP contribution >= 0.6 is 0 Å². The van der Waals surface area contributed by atoms with Gasteiger partial charge in [-0.3, -0.25) is 9.59 Å². The van der Waals surface area contributed by atoms with Crippen molar-refractivity contribution in [3.05, 3.63) is 24.0 Å². The lowest BCUT2D eigenvalue weighted by Gasteiger charge is -2.32. The molecule has 2 aliphatic rings. The monoisotopic (exact) mass is 329 g/mol. The minimum absolute atomic E-state index is 0.0249. The summed E-state index contributed by atoms with van der Waals surface area (Å²) in [4.78, 5) is 28.5. The van der Waals surface area contributed by atoms with Crippen LogP contribution in [-0.4, -0.2) is 45.6 Å². The van der Waals surface area contributed by atoms with Crippen molar-refractivity contribution in [2.24, 2.45) is 5.92 Å². The number of ether oxygens (including phenoxy) is 1. The summed E-state index contributed by atoms with van der Waals surface area (Å²) >= 11 is 0. The Bertz CT molecular complexity index is 798. The number of piperidine rings is 1. The second kappa shape index (κ2) is 5.77. The van der Waals surface area contributed by atoms with E-state index in [0.29, 0.717) is 36.0 Å². The van der Waals surface area contributed by atoms with E-state index in [-0.39, 0.29) is 23.9 Å². The smallest absolute Gasteiger partial charge is 0.271 e. The van der Waals surface area contributed by atoms with Crippen molar-refractivity contribution < 1.29 is 14.3 Å². The number of aromatic nitrogens is 3. The van der Waals surface area contributed by atoms with Crippen LogP contribution in [0, 0.1) is 5.92 Å². The quantitative estimate of drug-likeness (QED) is 0.852. The van der Waals surface area contributed by atoms with Gasteiger partial charge < -0.3 is 15.4 Å². The summed E-state index contributed by atoms with van der Waals surface area (Å²) in [5.41, 5.74) is 0.937. The number of nitrogens with one attached hydrogen (secondary N) is 2. The molecule has 126 valence electrons. The molecule has 0 aromatic carbocycles. The van der Waals surface area contributed by atoms with Crippen LogP contribution < -0.4 is 15.4 Å². The second-order valence-corrected chi connectivity index (χ2v) is 6.34. The van der Waals surface area contributed by atoms with Crippen molar-refractivity contribution in [3.8, 4) is 5.88 Å². The van der Waals surface area contributed by atoms with E-state index in [1.807, 2.05) is 0 Å². The number of fused-ring (bicyclic) bond motifs is 1. The van der Waals surface area contributed by atoms with Gasteiger partial charge >= 0.3 is 0 Å². The van der Waals surface area contributed by atoms with E-state index in [9.17, 15) is 9.59 Å². The van der Waals surface area contributed by atoms with E-state index in [1.165, 1.54) is 17.8 Å². The van der Waals surface area contributed by atoms with E-state index < -0.39 is 0 Å². The fourth-order valence-corrected chi connectivity index (χ4v) is 3.25. The highest BCUT2D eigenvalue weighted by Gasteiger charge is 2.40. The lowest BCUT2D eigenvalue weighted by atomic mass is 9.94. The van der Waals surface area contributed by atoms with Crippen LogP contribution in [0.25, 0.3) is 5.65 Å². The molecule has 8 nitrogen and oxygen atoms in total. The van der Waals surface area contributed by atoms with Crippen molar-refractivity contribution >= 4 is 17.5 Å². The topological polar surface area (TPSA) is 97.6 Å². The molecular weight excluding hydrogens is 310 g/mol. The number of amides is 2. The van der Waals surface area contributed by atoms with Crippen molar-refractivity contribution in [2.75, 3.05) is 7.11 Å². The van der Waals surface area contributed by atoms with Crippen LogP contribution in [0.15, 0.2) is 18.3 Å². The number of imidazole rings is 1. The third kappa shape index (κ3) is 2.68. The molecule has 2 fully saturated rings. The third-order valence-corrected chi connectivity index (χ3v) is 4.67. The standard InChI is InChI=1S/C16H19N5O3/c1-24-14-7-5-12-17-8-11(21(12)20-14)16(23)18-10-4-6-13(22)19-15(10)9-2-3-9/h5,7-10,15H,2-4,6H2,1H3,(H,18,23)(H,19,22)/t10-,15+/m1/s1. The Morgan fingerprint density at radius 3 is 2.96 bits per heavy atom. The van der Waals surface area contributed by atoms with Gasteiger partial charge in [-0.05, 0) is 31.2 Å². The summed E-state index contributed by atoms with van der Waals surface area (Å²) in [6.07, 6.45) is 4.81. The fourth-order valence-electron chi connectivity index (χ4n) is 3.25. The largest absolute Gasteiger partial charge is 0.480 e. The van der Waals surface area contributed by atoms with Crippen LogP contribution in [0.3, 0.4) is 0 Å². The molecule has 2 aromatic rings. The Morgan fingerprint density at radius 1 is 1.38 bits per heavy atom. The summed E-state index contributed by atoms with van der Waals surface area (Å²) < 4.78 is 6.58. The highest BCUT2D eigenvalue weighted by molar-refractivity contribution is 5.93. The molecule has 4 rings (SSSR count). The van der Waals surface area contributed by atoms with Gasteiger partial charge in [-0.25, -0.2) is 9.50 Å². The maximum Gasteiger partial charge on any atom is 0.271 e. The predicted molar refractivity (Wildman–Crippen MR) is 84.7 cm³/mol. The first-order valence-electron chi connectivity index (χ1n) is 8.14. The predicted octanol–water partition coefficient (Wildman–Crippen LogP) is 0.525. The Balaban J connectivity index is 1.56. The van der Waals surface area contributed by atoms with Gasteiger partial charge in [0.1, 0.15) is 0 Å². The molecule has 2 N–H and O–H groups in total. The summed E-state index contributed by atoms with van der Waals surface area (Å²) in [6, 6.07) is 3.41. The van der Waals surface area contributed by atoms with E-state index in [2.05, 4.69) is 20.7 Å². The molecule has 24 heavy (non-hydrogen) atoms. The molecular formula is C16H19N5O3. The molecule has 2 amide bonds. The molecule has 2 atom stereocenters. The summed E-state index contributed by atoms with van der Waals surface area (Å²) in [5.74, 6) is 0.712. The molecule has 1 saturated heterocycles. The Hall–Kier alpha value is -2.64. The summed E-state index contributed by atoms with van der Waals surface area (Å²) in [5, 5.41) is 10.3. The molecule has 0 radical (unpaired) electrons. The first-order valence-corrected chi connectivity index (χ1v) is 8.14. The van der Waals surface area contributed by atoms with Crippen molar-refractivity contribution in [1.82, 2.24) is 25.2 Å². The number of methoxy groups -OCH3 is 1. The highest BCUT2D eigenvalue weighted by Crippen LogP contribution is 2.36. The maximum atomic E-state index is 12.7. The average molecular weight is 329 g/mol. The number of hydrogen-bond donors (Lipinski definition) is 2. The van der Waals surface area contributed by atoms with Crippen molar-refractivity contribution in [3.63, 3.8) is 0 Å². The average Bonchev–Trinajstić information content (AvgIpc) is 3.35. The number of nitrogens with zero attached hydrogens (tertiary/aromatic N) is 3. The van der Waals surface area contributed by atoms with E-state index in [4.69, 9.17) is 4.74 Å². The fraction of sp³-hybridized carbons (Fsp3) is 0.500. The van der Waals surface area contributed by atoms with Gasteiger partial charge in [-0.2, -0.15) is 0 Å². The van der Waals surface area contributed by atoms with Crippen molar-refractivity contribution in [2.45, 2.75) is 37.8 Å². The zero-order valence-electron chi connectivity index (χ0n) is 13.4. The lowest BCUT2D eigenvalue weighted by molar-refractivity contribution is -0.124. The zero-order chi connectivity index (χ0) is 16.7. The van der Waals surface area contributed by atoms with E-state index in [1.54, 1.807) is 12.1 Å². The molecule has 1 aliphatic carbocycles. The van der Waals surface area contributed by atoms with Crippen LogP contribution in [0.5, 0.6) is 5.88 Å². The minimum atomic E-state index is -0.241. The Morgan fingerprint density at radius 2 is 2.21 bits per heavy atom. The maximum absolute atomic E-state index is 12.7. The molecule has 1 aliphatic heterocycles. The van der Waals surface area contributed by atoms with Crippen LogP contribution in [-0.2, 0) is 4.79 Å². The van der Waals surface area contributed by atoms with Crippen LogP contribution in [0.4, 0.5) is 0 Å². The minimum Gasteiger partial charge on any atom is -0.480 e. The Kier molecular flexibility index (Phi) is 3.59. The normalized spacial score (nSPS) is 23.8. The highest BCUT2D eigenvalue weighted by atomic mass is 16.5. The van der Waals surface area contributed by atoms with Crippen LogP contribution in [0.1, 0.15) is 36.2 Å². The summed E-state index contributed by atoms with van der Waals surface area (Å²) in [6.45, 7) is 0. The Labute approximate surface area is 138 Å². The van der Waals surface area contributed by atoms with Gasteiger partial charge in [-0.1, -0.05) is 0 Å². The number of hydrogen-bond acceptors (Lipinski definition) is 5. The number of rotatable bonds is 4. The first kappa shape index (κ1) is 14.9. The first-order chi connectivity index (χ1) is 11.7. The third-order valence-electron chi connectivity index (χ3n) is 4.67. The number of carbonyl (C=O) groups excluding carboxylic acids is 2. The van der Waals surface area contributed by atoms with Gasteiger partial charge in [0.25, 0.3) is 5.91 Å². The van der Waals surface area contributed by atoms with Crippen LogP contribution in [0.2, 0.25) is 0 Å². The molecule has 2 aromatic heterocycles. The molecule has 0 bridgehead atoms. The van der Waals surface area contributed by atoms with Gasteiger partial charge in [0.05, 0.1) is 25.4 Å². The second-order valence-electron chi connectivity index (χ2n) is 6.34. The molecule has 0 unspecified atom stereocenters. The van der Waals surface area contributed by atoms with E-state index in [0.717, 1.165) is 12.8 Å². The molecule has 8 heteroatoms. The molecule has 1 saturated carbocycles. The molecule has 3 heterocycles. The number of carbonyl (C=O) groups is 2. The van der Waals surface area contributed by atoms with Gasteiger partial charge in [0.2, 0.25) is 11.8 Å². The summed E-state index contributed by atoms with van der Waals surface area (Å²) in [7, 11) is 1.52. The SMILES string of the molecule is COc1ccc2ncc(C(=O)N[C@@H]3CCC(=O)N[C@H]3C3CC3)n2n1. The molecule has 0 spiro atoms. The van der Waals surface area contributed by atoms with Crippen molar-refractivity contribution in [1.29, 1.82) is 0 Å². The van der Waals surface area contributed by atoms with Gasteiger partial charge in [0, 0.05) is 12.5 Å². The lowest BCUT2D eigenvalue weighted by Crippen LogP contribution is -2.56. The van der Waals surface area contributed by atoms with Gasteiger partial charge in [-0.15, -0.1) is 5.10 Å². The zero-order valence-corrected chi connectivity index (χ0v) is 13.4.